The van der Waals surface area contributed by atoms with E-state index in [0.717, 1.165) is 29.6 Å². The molecule has 0 saturated heterocycles. The largest absolute Gasteiger partial charge is 0.508 e. The number of hydrogen-bond donors (Lipinski definition) is 1. The molecule has 0 spiro atoms. The Balaban J connectivity index is 2.23. The highest BCUT2D eigenvalue weighted by molar-refractivity contribution is 5.84. The van der Waals surface area contributed by atoms with Crippen LogP contribution in [0, 0.1) is 5.41 Å². The van der Waals surface area contributed by atoms with E-state index in [0.29, 0.717) is 11.2 Å². The van der Waals surface area contributed by atoms with Crippen LogP contribution in [0.25, 0.3) is 11.0 Å². The number of phenols is 1. The predicted molar refractivity (Wildman–Crippen MR) is 63.7 cm³/mol. The van der Waals surface area contributed by atoms with Crippen LogP contribution in [-0.4, -0.2) is 5.11 Å². The number of fused-ring (bicyclic) bond motifs is 3. The first-order chi connectivity index (χ1) is 7.55. The molecule has 0 saturated carbocycles. The second-order valence-corrected chi connectivity index (χ2v) is 5.53. The molecule has 1 aliphatic carbocycles. The van der Waals surface area contributed by atoms with Crippen LogP contribution in [0.2, 0.25) is 0 Å². The summed E-state index contributed by atoms with van der Waals surface area (Å²) >= 11 is 0. The summed E-state index contributed by atoms with van der Waals surface area (Å²) in [4.78, 5) is 0. The van der Waals surface area contributed by atoms with Gasteiger partial charge in [0.05, 0.1) is 0 Å². The van der Waals surface area contributed by atoms with Gasteiger partial charge in [-0.3, -0.25) is 0 Å². The Morgan fingerprint density at radius 1 is 1.31 bits per heavy atom. The quantitative estimate of drug-likeness (QED) is 0.729. The highest BCUT2D eigenvalue weighted by atomic mass is 16.3. The maximum atomic E-state index is 9.54. The van der Waals surface area contributed by atoms with Gasteiger partial charge < -0.3 is 9.52 Å². The first-order valence-electron chi connectivity index (χ1n) is 5.78. The van der Waals surface area contributed by atoms with Crippen molar-refractivity contribution < 1.29 is 9.52 Å². The van der Waals surface area contributed by atoms with E-state index in [1.807, 2.05) is 12.1 Å². The maximum absolute atomic E-state index is 9.54. The summed E-state index contributed by atoms with van der Waals surface area (Å²) in [6.07, 6.45) is 3.22. The lowest BCUT2D eigenvalue weighted by atomic mass is 9.76. The van der Waals surface area contributed by atoms with Crippen molar-refractivity contribution in [2.24, 2.45) is 5.41 Å². The number of rotatable bonds is 0. The fourth-order valence-electron chi connectivity index (χ4n) is 2.60. The van der Waals surface area contributed by atoms with E-state index in [1.165, 1.54) is 12.0 Å². The summed E-state index contributed by atoms with van der Waals surface area (Å²) in [6.45, 7) is 4.58. The lowest BCUT2D eigenvalue weighted by molar-refractivity contribution is 0.298. The summed E-state index contributed by atoms with van der Waals surface area (Å²) in [5, 5.41) is 10.6. The van der Waals surface area contributed by atoms with Crippen LogP contribution in [-0.2, 0) is 12.8 Å². The van der Waals surface area contributed by atoms with Crippen molar-refractivity contribution in [3.63, 3.8) is 0 Å². The van der Waals surface area contributed by atoms with E-state index in [2.05, 4.69) is 13.8 Å². The summed E-state index contributed by atoms with van der Waals surface area (Å²) in [6, 6.07) is 5.36. The summed E-state index contributed by atoms with van der Waals surface area (Å²) in [5.74, 6) is 1.43. The molecule has 2 heteroatoms. The molecule has 1 aliphatic rings. The fourth-order valence-corrected chi connectivity index (χ4v) is 2.60. The Kier molecular flexibility index (Phi) is 1.85. The van der Waals surface area contributed by atoms with Gasteiger partial charge in [0.15, 0.2) is 0 Å². The van der Waals surface area contributed by atoms with Crippen LogP contribution in [0.3, 0.4) is 0 Å². The zero-order valence-electron chi connectivity index (χ0n) is 9.71. The average molecular weight is 216 g/mol. The standard InChI is InChI=1S/C14H16O2/c1-14(2)6-5-13-11(8-14)10-7-9(15)3-4-12(10)16-13/h3-4,7,15H,5-6,8H2,1-2H3. The van der Waals surface area contributed by atoms with E-state index in [-0.39, 0.29) is 0 Å². The van der Waals surface area contributed by atoms with E-state index >= 15 is 0 Å². The number of aryl methyl sites for hydroxylation is 1. The van der Waals surface area contributed by atoms with Crippen LogP contribution >= 0.6 is 0 Å². The van der Waals surface area contributed by atoms with Gasteiger partial charge in [0.2, 0.25) is 0 Å². The molecule has 3 rings (SSSR count). The van der Waals surface area contributed by atoms with Crippen LogP contribution in [0.1, 0.15) is 31.6 Å². The highest BCUT2D eigenvalue weighted by Gasteiger charge is 2.29. The molecule has 1 N–H and O–H groups in total. The molecule has 2 nitrogen and oxygen atoms in total. The fraction of sp³-hybridized carbons (Fsp3) is 0.429. The molecule has 0 amide bonds. The monoisotopic (exact) mass is 216 g/mol. The third-order valence-electron chi connectivity index (χ3n) is 3.54. The van der Waals surface area contributed by atoms with Gasteiger partial charge in [-0.05, 0) is 36.5 Å². The SMILES string of the molecule is CC1(C)CCc2oc3ccc(O)cc3c2C1. The number of phenolic OH excluding ortho intramolecular Hbond substituents is 1. The number of aromatic hydroxyl groups is 1. The smallest absolute Gasteiger partial charge is 0.134 e. The van der Waals surface area contributed by atoms with Crippen molar-refractivity contribution in [2.45, 2.75) is 33.1 Å². The van der Waals surface area contributed by atoms with Gasteiger partial charge in [-0.15, -0.1) is 0 Å². The van der Waals surface area contributed by atoms with E-state index < -0.39 is 0 Å². The lowest BCUT2D eigenvalue weighted by Crippen LogP contribution is -2.21. The molecule has 0 aliphatic heterocycles. The molecule has 2 aromatic rings. The molecule has 1 aromatic heterocycles. The summed E-state index contributed by atoms with van der Waals surface area (Å²) < 4.78 is 5.83. The molecule has 0 fully saturated rings. The minimum absolute atomic E-state index is 0.319. The molecule has 0 unspecified atom stereocenters. The zero-order chi connectivity index (χ0) is 11.3. The van der Waals surface area contributed by atoms with Crippen molar-refractivity contribution in [1.29, 1.82) is 0 Å². The molecule has 16 heavy (non-hydrogen) atoms. The van der Waals surface area contributed by atoms with E-state index in [1.54, 1.807) is 6.07 Å². The van der Waals surface area contributed by atoms with Crippen LogP contribution < -0.4 is 0 Å². The molecular formula is C14H16O2. The molecule has 84 valence electrons. The van der Waals surface area contributed by atoms with Gasteiger partial charge >= 0.3 is 0 Å². The van der Waals surface area contributed by atoms with Gasteiger partial charge in [-0.1, -0.05) is 13.8 Å². The van der Waals surface area contributed by atoms with Crippen molar-refractivity contribution in [3.05, 3.63) is 29.5 Å². The van der Waals surface area contributed by atoms with Crippen molar-refractivity contribution in [1.82, 2.24) is 0 Å². The van der Waals surface area contributed by atoms with Crippen molar-refractivity contribution in [3.8, 4) is 5.75 Å². The van der Waals surface area contributed by atoms with Gasteiger partial charge in [0.25, 0.3) is 0 Å². The first-order valence-corrected chi connectivity index (χ1v) is 5.78. The molecular weight excluding hydrogens is 200 g/mol. The minimum atomic E-state index is 0.319. The summed E-state index contributed by atoms with van der Waals surface area (Å²) in [7, 11) is 0. The van der Waals surface area contributed by atoms with Crippen molar-refractivity contribution >= 4 is 11.0 Å². The van der Waals surface area contributed by atoms with Gasteiger partial charge in [0, 0.05) is 17.4 Å². The molecule has 1 aromatic carbocycles. The van der Waals surface area contributed by atoms with E-state index in [4.69, 9.17) is 4.42 Å². The number of furan rings is 1. The first kappa shape index (κ1) is 9.76. The predicted octanol–water partition coefficient (Wildman–Crippen LogP) is 3.65. The normalized spacial score (nSPS) is 18.6. The topological polar surface area (TPSA) is 33.4 Å². The van der Waals surface area contributed by atoms with Gasteiger partial charge in [-0.2, -0.15) is 0 Å². The second-order valence-electron chi connectivity index (χ2n) is 5.53. The highest BCUT2D eigenvalue weighted by Crippen LogP contribution is 2.40. The zero-order valence-corrected chi connectivity index (χ0v) is 9.71. The van der Waals surface area contributed by atoms with Crippen LogP contribution in [0.15, 0.2) is 22.6 Å². The van der Waals surface area contributed by atoms with Crippen LogP contribution in [0.5, 0.6) is 5.75 Å². The maximum Gasteiger partial charge on any atom is 0.134 e. The Morgan fingerprint density at radius 3 is 2.94 bits per heavy atom. The number of benzene rings is 1. The summed E-state index contributed by atoms with van der Waals surface area (Å²) in [5.41, 5.74) is 2.54. The average Bonchev–Trinajstić information content (AvgIpc) is 2.55. The molecule has 1 heterocycles. The Hall–Kier alpha value is -1.44. The second kappa shape index (κ2) is 3.03. The van der Waals surface area contributed by atoms with Gasteiger partial charge in [-0.25, -0.2) is 0 Å². The van der Waals surface area contributed by atoms with Gasteiger partial charge in [0.1, 0.15) is 17.1 Å². The molecule has 0 atom stereocenters. The van der Waals surface area contributed by atoms with Crippen molar-refractivity contribution in [2.75, 3.05) is 0 Å². The molecule has 0 bridgehead atoms. The van der Waals surface area contributed by atoms with E-state index in [9.17, 15) is 5.11 Å². The Labute approximate surface area is 94.9 Å². The van der Waals surface area contributed by atoms with Crippen LogP contribution in [0.4, 0.5) is 0 Å². The molecule has 0 radical (unpaired) electrons. The minimum Gasteiger partial charge on any atom is -0.508 e. The Bertz CT molecular complexity index is 549. The Morgan fingerprint density at radius 2 is 2.12 bits per heavy atom. The lowest BCUT2D eigenvalue weighted by Gasteiger charge is -2.28. The third kappa shape index (κ3) is 1.41. The third-order valence-corrected chi connectivity index (χ3v) is 3.54. The number of hydrogen-bond acceptors (Lipinski definition) is 2.